The molecule has 5 aromatic rings. The zero-order valence-electron chi connectivity index (χ0n) is 15.8. The summed E-state index contributed by atoms with van der Waals surface area (Å²) in [6, 6.07) is 39.0. The van der Waals surface area contributed by atoms with Crippen LogP contribution in [-0.2, 0) is 0 Å². The topological polar surface area (TPSA) is 3.24 Å². The summed E-state index contributed by atoms with van der Waals surface area (Å²) in [5, 5.41) is 5.05. The predicted octanol–water partition coefficient (Wildman–Crippen LogP) is 7.43. The maximum Gasteiger partial charge on any atom is 0.0487 e. The highest BCUT2D eigenvalue weighted by Crippen LogP contribution is 2.33. The first kappa shape index (κ1) is 16.6. The van der Waals surface area contributed by atoms with E-state index < -0.39 is 0 Å². The van der Waals surface area contributed by atoms with Gasteiger partial charge < -0.3 is 4.90 Å². The molecule has 0 aromatic heterocycles. The molecule has 1 heteroatoms. The standard InChI is InChI=1S/C27H21N/c1-28(27-13-7-11-21-10-5-6-12-26(21)27)25-17-16-23-18-22(14-15-24(23)19-25)20-8-3-2-4-9-20/h2-19H,1H3. The van der Waals surface area contributed by atoms with E-state index >= 15 is 0 Å². The lowest BCUT2D eigenvalue weighted by Crippen LogP contribution is -2.09. The van der Waals surface area contributed by atoms with Gasteiger partial charge in [0.05, 0.1) is 0 Å². The Labute approximate surface area is 165 Å². The summed E-state index contributed by atoms with van der Waals surface area (Å²) in [5.74, 6) is 0. The van der Waals surface area contributed by atoms with Crippen LogP contribution in [-0.4, -0.2) is 7.05 Å². The lowest BCUT2D eigenvalue weighted by atomic mass is 10.0. The Morgan fingerprint density at radius 3 is 2.11 bits per heavy atom. The van der Waals surface area contributed by atoms with E-state index in [-0.39, 0.29) is 0 Å². The van der Waals surface area contributed by atoms with Gasteiger partial charge in [-0.25, -0.2) is 0 Å². The van der Waals surface area contributed by atoms with Gasteiger partial charge >= 0.3 is 0 Å². The summed E-state index contributed by atoms with van der Waals surface area (Å²) < 4.78 is 0. The lowest BCUT2D eigenvalue weighted by molar-refractivity contribution is 1.23. The number of anilines is 2. The van der Waals surface area contributed by atoms with Crippen molar-refractivity contribution < 1.29 is 0 Å². The quantitative estimate of drug-likeness (QED) is 0.324. The molecule has 134 valence electrons. The van der Waals surface area contributed by atoms with Crippen LogP contribution in [0, 0.1) is 0 Å². The minimum atomic E-state index is 1.19. The Bertz CT molecular complexity index is 1270. The molecule has 0 amide bonds. The van der Waals surface area contributed by atoms with Crippen LogP contribution < -0.4 is 4.90 Å². The number of benzene rings is 5. The molecule has 0 unspecified atom stereocenters. The molecule has 0 saturated carbocycles. The summed E-state index contributed by atoms with van der Waals surface area (Å²) in [6.07, 6.45) is 0. The second kappa shape index (κ2) is 6.86. The first-order valence-corrected chi connectivity index (χ1v) is 9.60. The zero-order valence-corrected chi connectivity index (χ0v) is 15.8. The van der Waals surface area contributed by atoms with E-state index in [0.29, 0.717) is 0 Å². The van der Waals surface area contributed by atoms with E-state index in [1.165, 1.54) is 44.0 Å². The van der Waals surface area contributed by atoms with E-state index in [0.717, 1.165) is 0 Å². The highest BCUT2D eigenvalue weighted by Gasteiger charge is 2.09. The summed E-state index contributed by atoms with van der Waals surface area (Å²) in [4.78, 5) is 2.27. The molecule has 5 aromatic carbocycles. The first-order chi connectivity index (χ1) is 13.8. The molecule has 0 spiro atoms. The Hall–Kier alpha value is -3.58. The van der Waals surface area contributed by atoms with Gasteiger partial charge in [0.1, 0.15) is 0 Å². The van der Waals surface area contributed by atoms with Crippen molar-refractivity contribution in [1.82, 2.24) is 0 Å². The molecular formula is C27H21N. The van der Waals surface area contributed by atoms with Crippen LogP contribution in [0.5, 0.6) is 0 Å². The average molecular weight is 359 g/mol. The molecule has 0 saturated heterocycles. The molecule has 28 heavy (non-hydrogen) atoms. The number of fused-ring (bicyclic) bond motifs is 2. The van der Waals surface area contributed by atoms with Gasteiger partial charge in [-0.3, -0.25) is 0 Å². The number of nitrogens with zero attached hydrogens (tertiary/aromatic N) is 1. The van der Waals surface area contributed by atoms with Gasteiger partial charge in [-0.05, 0) is 51.6 Å². The average Bonchev–Trinajstić information content (AvgIpc) is 2.78. The number of hydrogen-bond donors (Lipinski definition) is 0. The van der Waals surface area contributed by atoms with E-state index in [1.54, 1.807) is 0 Å². The second-order valence-electron chi connectivity index (χ2n) is 7.17. The van der Waals surface area contributed by atoms with Crippen LogP contribution in [0.25, 0.3) is 32.7 Å². The molecule has 0 aliphatic rings. The highest BCUT2D eigenvalue weighted by atomic mass is 15.1. The minimum absolute atomic E-state index is 1.19. The lowest BCUT2D eigenvalue weighted by Gasteiger charge is -2.22. The summed E-state index contributed by atoms with van der Waals surface area (Å²) in [6.45, 7) is 0. The Balaban J connectivity index is 1.56. The van der Waals surface area contributed by atoms with E-state index in [1.807, 2.05) is 0 Å². The van der Waals surface area contributed by atoms with Crippen LogP contribution >= 0.6 is 0 Å². The van der Waals surface area contributed by atoms with Crippen LogP contribution in [0.3, 0.4) is 0 Å². The van der Waals surface area contributed by atoms with Gasteiger partial charge in [-0.2, -0.15) is 0 Å². The Morgan fingerprint density at radius 2 is 1.21 bits per heavy atom. The van der Waals surface area contributed by atoms with Gasteiger partial charge in [0.2, 0.25) is 0 Å². The molecule has 0 N–H and O–H groups in total. The fraction of sp³-hybridized carbons (Fsp3) is 0.0370. The molecular weight excluding hydrogens is 338 g/mol. The fourth-order valence-corrected chi connectivity index (χ4v) is 3.89. The number of rotatable bonds is 3. The van der Waals surface area contributed by atoms with Crippen LogP contribution in [0.2, 0.25) is 0 Å². The third-order valence-corrected chi connectivity index (χ3v) is 5.45. The van der Waals surface area contributed by atoms with Crippen LogP contribution in [0.1, 0.15) is 0 Å². The van der Waals surface area contributed by atoms with E-state index in [4.69, 9.17) is 0 Å². The third-order valence-electron chi connectivity index (χ3n) is 5.45. The minimum Gasteiger partial charge on any atom is -0.344 e. The largest absolute Gasteiger partial charge is 0.344 e. The Morgan fingerprint density at radius 1 is 0.500 bits per heavy atom. The van der Waals surface area contributed by atoms with Crippen molar-refractivity contribution in [3.8, 4) is 11.1 Å². The zero-order chi connectivity index (χ0) is 18.9. The molecule has 0 heterocycles. The van der Waals surface area contributed by atoms with Gasteiger partial charge in [0.25, 0.3) is 0 Å². The van der Waals surface area contributed by atoms with Gasteiger partial charge in [-0.1, -0.05) is 84.9 Å². The van der Waals surface area contributed by atoms with Gasteiger partial charge in [-0.15, -0.1) is 0 Å². The molecule has 0 fully saturated rings. The summed E-state index contributed by atoms with van der Waals surface area (Å²) >= 11 is 0. The second-order valence-corrected chi connectivity index (χ2v) is 7.17. The van der Waals surface area contributed by atoms with Crippen LogP contribution in [0.15, 0.2) is 109 Å². The highest BCUT2D eigenvalue weighted by molar-refractivity contribution is 5.97. The summed E-state index contributed by atoms with van der Waals surface area (Å²) in [5.41, 5.74) is 4.92. The van der Waals surface area contributed by atoms with Crippen molar-refractivity contribution in [3.63, 3.8) is 0 Å². The molecule has 0 radical (unpaired) electrons. The maximum absolute atomic E-state index is 2.27. The molecule has 0 aliphatic heterocycles. The smallest absolute Gasteiger partial charge is 0.0487 e. The number of hydrogen-bond acceptors (Lipinski definition) is 1. The molecule has 0 bridgehead atoms. The Kier molecular flexibility index (Phi) is 4.06. The predicted molar refractivity (Wildman–Crippen MR) is 121 cm³/mol. The normalized spacial score (nSPS) is 11.0. The summed E-state index contributed by atoms with van der Waals surface area (Å²) in [7, 11) is 2.14. The van der Waals surface area contributed by atoms with Gasteiger partial charge in [0.15, 0.2) is 0 Å². The van der Waals surface area contributed by atoms with Crippen molar-refractivity contribution in [1.29, 1.82) is 0 Å². The SMILES string of the molecule is CN(c1ccc2cc(-c3ccccc3)ccc2c1)c1cccc2ccccc12. The maximum atomic E-state index is 2.27. The molecule has 0 aliphatic carbocycles. The van der Waals surface area contributed by atoms with Crippen LogP contribution in [0.4, 0.5) is 11.4 Å². The van der Waals surface area contributed by atoms with Gasteiger partial charge in [0, 0.05) is 23.8 Å². The molecule has 0 atom stereocenters. The third kappa shape index (κ3) is 2.91. The molecule has 1 nitrogen and oxygen atoms in total. The van der Waals surface area contributed by atoms with Crippen molar-refractivity contribution in [2.24, 2.45) is 0 Å². The fourth-order valence-electron chi connectivity index (χ4n) is 3.89. The molecule has 5 rings (SSSR count). The van der Waals surface area contributed by atoms with Crippen molar-refractivity contribution in [2.45, 2.75) is 0 Å². The van der Waals surface area contributed by atoms with Crippen molar-refractivity contribution >= 4 is 32.9 Å². The first-order valence-electron chi connectivity index (χ1n) is 9.60. The monoisotopic (exact) mass is 359 g/mol. The van der Waals surface area contributed by atoms with E-state index in [9.17, 15) is 0 Å². The van der Waals surface area contributed by atoms with Crippen molar-refractivity contribution in [3.05, 3.63) is 109 Å². The van der Waals surface area contributed by atoms with Crippen molar-refractivity contribution in [2.75, 3.05) is 11.9 Å². The van der Waals surface area contributed by atoms with E-state index in [2.05, 4.69) is 121 Å².